The molecule has 0 saturated heterocycles. The number of carboxylic acid groups (broad SMARTS) is 1. The van der Waals surface area contributed by atoms with Crippen LogP contribution in [0.3, 0.4) is 0 Å². The lowest BCUT2D eigenvalue weighted by Gasteiger charge is -2.07. The second kappa shape index (κ2) is 11.0. The van der Waals surface area contributed by atoms with Crippen molar-refractivity contribution in [3.05, 3.63) is 42.0 Å². The van der Waals surface area contributed by atoms with Crippen molar-refractivity contribution in [2.75, 3.05) is 7.11 Å². The zero-order valence-corrected chi connectivity index (χ0v) is 12.9. The predicted molar refractivity (Wildman–Crippen MR) is 85.8 cm³/mol. The first-order chi connectivity index (χ1) is 10.2. The Morgan fingerprint density at radius 3 is 2.48 bits per heavy atom. The van der Waals surface area contributed by atoms with Gasteiger partial charge in [0, 0.05) is 6.08 Å². The molecule has 0 heterocycles. The lowest BCUT2D eigenvalue weighted by molar-refractivity contribution is -0.131. The predicted octanol–water partition coefficient (Wildman–Crippen LogP) is 4.61. The molecule has 0 aromatic heterocycles. The van der Waals surface area contributed by atoms with E-state index in [0.717, 1.165) is 25.0 Å². The fourth-order valence-electron chi connectivity index (χ4n) is 2.38. The van der Waals surface area contributed by atoms with Crippen molar-refractivity contribution >= 4 is 5.97 Å². The van der Waals surface area contributed by atoms with Gasteiger partial charge < -0.3 is 9.84 Å². The van der Waals surface area contributed by atoms with Crippen molar-refractivity contribution in [3.63, 3.8) is 0 Å². The van der Waals surface area contributed by atoms with Crippen molar-refractivity contribution in [1.29, 1.82) is 0 Å². The molecule has 0 bridgehead atoms. The number of aryl methyl sites for hydroxylation is 1. The van der Waals surface area contributed by atoms with Crippen molar-refractivity contribution < 1.29 is 14.6 Å². The number of ether oxygens (including phenoxy) is 1. The van der Waals surface area contributed by atoms with Crippen LogP contribution in [0.15, 0.2) is 36.4 Å². The van der Waals surface area contributed by atoms with E-state index < -0.39 is 5.97 Å². The first-order valence-electron chi connectivity index (χ1n) is 7.75. The Bertz CT molecular complexity index is 438. The van der Waals surface area contributed by atoms with Gasteiger partial charge in [-0.1, -0.05) is 50.0 Å². The Labute approximate surface area is 127 Å². The summed E-state index contributed by atoms with van der Waals surface area (Å²) in [7, 11) is 1.72. The van der Waals surface area contributed by atoms with Gasteiger partial charge in [-0.05, 0) is 37.3 Å². The summed E-state index contributed by atoms with van der Waals surface area (Å²) in [4.78, 5) is 10.3. The van der Waals surface area contributed by atoms with Crippen molar-refractivity contribution in [1.82, 2.24) is 0 Å². The molecule has 116 valence electrons. The Hall–Kier alpha value is -1.77. The molecule has 0 amide bonds. The smallest absolute Gasteiger partial charge is 0.327 e. The van der Waals surface area contributed by atoms with Crippen molar-refractivity contribution in [3.8, 4) is 5.75 Å². The van der Waals surface area contributed by atoms with E-state index in [1.54, 1.807) is 13.2 Å². The van der Waals surface area contributed by atoms with Gasteiger partial charge in [-0.2, -0.15) is 0 Å². The van der Waals surface area contributed by atoms with Crippen LogP contribution in [-0.4, -0.2) is 18.2 Å². The summed E-state index contributed by atoms with van der Waals surface area (Å²) in [5, 5.41) is 8.45. The van der Waals surface area contributed by atoms with E-state index in [1.165, 1.54) is 43.7 Å². The average molecular weight is 290 g/mol. The molecule has 1 aromatic carbocycles. The fraction of sp³-hybridized carbons (Fsp3) is 0.500. The minimum atomic E-state index is -0.855. The number of aliphatic carboxylic acids is 1. The third-order valence-electron chi connectivity index (χ3n) is 3.52. The highest BCUT2D eigenvalue weighted by Gasteiger charge is 2.00. The molecule has 0 saturated carbocycles. The molecule has 0 radical (unpaired) electrons. The van der Waals surface area contributed by atoms with Gasteiger partial charge in [0.05, 0.1) is 7.11 Å². The Kier molecular flexibility index (Phi) is 9.01. The molecule has 1 aromatic rings. The SMILES string of the molecule is COc1ccccc1CCCCCCCCC=CC(=O)O. The van der Waals surface area contributed by atoms with Crippen LogP contribution in [0.2, 0.25) is 0 Å². The maximum absolute atomic E-state index is 10.3. The van der Waals surface area contributed by atoms with Gasteiger partial charge in [-0.3, -0.25) is 0 Å². The van der Waals surface area contributed by atoms with Crippen LogP contribution in [-0.2, 0) is 11.2 Å². The third kappa shape index (κ3) is 8.18. The molecule has 0 atom stereocenters. The van der Waals surface area contributed by atoms with E-state index in [4.69, 9.17) is 9.84 Å². The number of methoxy groups -OCH3 is 1. The van der Waals surface area contributed by atoms with Crippen LogP contribution < -0.4 is 4.74 Å². The van der Waals surface area contributed by atoms with E-state index >= 15 is 0 Å². The molecule has 0 aliphatic carbocycles. The maximum Gasteiger partial charge on any atom is 0.327 e. The molecule has 0 aliphatic rings. The number of rotatable bonds is 11. The first kappa shape index (κ1) is 17.3. The van der Waals surface area contributed by atoms with Crippen LogP contribution in [0.5, 0.6) is 5.75 Å². The number of hydrogen-bond donors (Lipinski definition) is 1. The molecule has 3 nitrogen and oxygen atoms in total. The number of hydrogen-bond acceptors (Lipinski definition) is 2. The molecule has 0 fully saturated rings. The summed E-state index contributed by atoms with van der Waals surface area (Å²) >= 11 is 0. The summed E-state index contributed by atoms with van der Waals surface area (Å²) in [5.41, 5.74) is 1.29. The van der Waals surface area contributed by atoms with Crippen LogP contribution >= 0.6 is 0 Å². The van der Waals surface area contributed by atoms with Crippen molar-refractivity contribution in [2.24, 2.45) is 0 Å². The van der Waals surface area contributed by atoms with Crippen LogP contribution in [0.4, 0.5) is 0 Å². The highest BCUT2D eigenvalue weighted by molar-refractivity contribution is 5.79. The second-order valence-electron chi connectivity index (χ2n) is 5.21. The van der Waals surface area contributed by atoms with Gasteiger partial charge >= 0.3 is 5.97 Å². The zero-order valence-electron chi connectivity index (χ0n) is 12.9. The molecule has 0 unspecified atom stereocenters. The Morgan fingerprint density at radius 2 is 1.76 bits per heavy atom. The largest absolute Gasteiger partial charge is 0.496 e. The summed E-state index contributed by atoms with van der Waals surface area (Å²) in [6.45, 7) is 0. The van der Waals surface area contributed by atoms with E-state index in [0.29, 0.717) is 0 Å². The Balaban J connectivity index is 2.01. The second-order valence-corrected chi connectivity index (χ2v) is 5.21. The zero-order chi connectivity index (χ0) is 15.3. The number of unbranched alkanes of at least 4 members (excludes halogenated alkanes) is 6. The third-order valence-corrected chi connectivity index (χ3v) is 3.52. The number of allylic oxidation sites excluding steroid dienone is 1. The van der Waals surface area contributed by atoms with Gasteiger partial charge in [0.25, 0.3) is 0 Å². The average Bonchev–Trinajstić information content (AvgIpc) is 2.49. The Morgan fingerprint density at radius 1 is 1.10 bits per heavy atom. The summed E-state index contributed by atoms with van der Waals surface area (Å²) in [6, 6.07) is 8.21. The molecule has 0 aliphatic heterocycles. The molecule has 3 heteroatoms. The minimum absolute atomic E-state index is 0.855. The first-order valence-corrected chi connectivity index (χ1v) is 7.75. The number of para-hydroxylation sites is 1. The minimum Gasteiger partial charge on any atom is -0.496 e. The van der Waals surface area contributed by atoms with Crippen LogP contribution in [0.1, 0.15) is 50.5 Å². The van der Waals surface area contributed by atoms with E-state index in [-0.39, 0.29) is 0 Å². The lowest BCUT2D eigenvalue weighted by atomic mass is 10.0. The quantitative estimate of drug-likeness (QED) is 0.478. The highest BCUT2D eigenvalue weighted by Crippen LogP contribution is 2.20. The topological polar surface area (TPSA) is 46.5 Å². The molecule has 0 spiro atoms. The van der Waals surface area contributed by atoms with Gasteiger partial charge in [0.2, 0.25) is 0 Å². The number of carbonyl (C=O) groups is 1. The van der Waals surface area contributed by atoms with Gasteiger partial charge in [0.1, 0.15) is 5.75 Å². The highest BCUT2D eigenvalue weighted by atomic mass is 16.5. The molecular formula is C18H26O3. The molecule has 21 heavy (non-hydrogen) atoms. The summed E-state index contributed by atoms with van der Waals surface area (Å²) in [6.07, 6.45) is 12.1. The number of carboxylic acids is 1. The normalized spacial score (nSPS) is 10.9. The lowest BCUT2D eigenvalue weighted by Crippen LogP contribution is -1.92. The van der Waals surface area contributed by atoms with Crippen LogP contribution in [0.25, 0.3) is 0 Å². The standard InChI is InChI=1S/C18H26O3/c1-21-17-14-11-10-13-16(17)12-8-6-4-2-3-5-7-9-15-18(19)20/h9-11,13-15H,2-8,12H2,1H3,(H,19,20). The van der Waals surface area contributed by atoms with E-state index in [9.17, 15) is 4.79 Å². The summed E-state index contributed by atoms with van der Waals surface area (Å²) in [5.74, 6) is 0.133. The number of benzene rings is 1. The van der Waals surface area contributed by atoms with Crippen molar-refractivity contribution in [2.45, 2.75) is 51.4 Å². The van der Waals surface area contributed by atoms with Crippen LogP contribution in [0, 0.1) is 0 Å². The maximum atomic E-state index is 10.3. The molecule has 1 N–H and O–H groups in total. The monoisotopic (exact) mass is 290 g/mol. The summed E-state index contributed by atoms with van der Waals surface area (Å²) < 4.78 is 5.35. The van der Waals surface area contributed by atoms with E-state index in [2.05, 4.69) is 12.1 Å². The van der Waals surface area contributed by atoms with Gasteiger partial charge in [-0.15, -0.1) is 0 Å². The molecular weight excluding hydrogens is 264 g/mol. The van der Waals surface area contributed by atoms with Gasteiger partial charge in [-0.25, -0.2) is 4.79 Å². The van der Waals surface area contributed by atoms with Gasteiger partial charge in [0.15, 0.2) is 0 Å². The molecule has 1 rings (SSSR count). The fourth-order valence-corrected chi connectivity index (χ4v) is 2.38. The van der Waals surface area contributed by atoms with E-state index in [1.807, 2.05) is 12.1 Å².